The second-order valence-corrected chi connectivity index (χ2v) is 24.9. The average Bonchev–Trinajstić information content (AvgIpc) is 3.80. The highest BCUT2D eigenvalue weighted by atomic mass is 16.7. The van der Waals surface area contributed by atoms with Crippen LogP contribution in [0.4, 0.5) is 0 Å². The Morgan fingerprint density at radius 1 is 0.316 bits per heavy atom. The molecule has 10 heteroatoms. The maximum Gasteiger partial charge on any atom is 0.494 e. The van der Waals surface area contributed by atoms with Crippen molar-refractivity contribution < 1.29 is 37.6 Å². The molecule has 4 fully saturated rings. The van der Waals surface area contributed by atoms with Gasteiger partial charge in [0.15, 0.2) is 0 Å². The summed E-state index contributed by atoms with van der Waals surface area (Å²) in [6, 6.07) is 53.7. The minimum Gasteiger partial charge on any atom is -0.399 e. The number of benzene rings is 6. The summed E-state index contributed by atoms with van der Waals surface area (Å²) in [5.74, 6) is 0. The molecule has 2 aliphatic heterocycles. The van der Waals surface area contributed by atoms with E-state index in [1.54, 1.807) is 14.2 Å². The molecule has 0 atom stereocenters. The lowest BCUT2D eigenvalue weighted by molar-refractivity contribution is -0.203. The molecule has 2 saturated carbocycles. The van der Waals surface area contributed by atoms with Crippen molar-refractivity contribution in [1.29, 1.82) is 0 Å². The van der Waals surface area contributed by atoms with E-state index in [9.17, 15) is 0 Å². The highest BCUT2D eigenvalue weighted by Gasteiger charge is 2.53. The van der Waals surface area contributed by atoms with Crippen LogP contribution < -0.4 is 10.9 Å². The zero-order valence-electron chi connectivity index (χ0n) is 47.3. The van der Waals surface area contributed by atoms with Crippen molar-refractivity contribution in [3.63, 3.8) is 0 Å². The largest absolute Gasteiger partial charge is 0.494 e. The predicted molar refractivity (Wildman–Crippen MR) is 308 cm³/mol. The van der Waals surface area contributed by atoms with Gasteiger partial charge in [0.1, 0.15) is 13.6 Å². The fourth-order valence-electron chi connectivity index (χ4n) is 12.1. The van der Waals surface area contributed by atoms with Crippen LogP contribution >= 0.6 is 0 Å². The summed E-state index contributed by atoms with van der Waals surface area (Å²) in [4.78, 5) is 0. The Labute approximate surface area is 454 Å². The molecule has 6 aromatic rings. The minimum atomic E-state index is -0.537. The first kappa shape index (κ1) is 54.5. The van der Waals surface area contributed by atoms with Crippen LogP contribution in [0, 0.1) is 0 Å². The minimum absolute atomic E-state index is 0.145. The van der Waals surface area contributed by atoms with Crippen molar-refractivity contribution in [2.24, 2.45) is 0 Å². The van der Waals surface area contributed by atoms with Gasteiger partial charge in [-0.3, -0.25) is 0 Å². The van der Waals surface area contributed by atoms with Gasteiger partial charge >= 0.3 is 14.2 Å². The summed E-state index contributed by atoms with van der Waals surface area (Å²) >= 11 is 0. The molecule has 4 aliphatic rings. The first-order valence-corrected chi connectivity index (χ1v) is 27.7. The topological polar surface area (TPSA) is 73.8 Å². The zero-order chi connectivity index (χ0) is 53.8. The van der Waals surface area contributed by atoms with Crippen LogP contribution in [0.3, 0.4) is 0 Å². The monoisotopic (exact) mass is 1020 g/mol. The van der Waals surface area contributed by atoms with Gasteiger partial charge in [-0.05, 0) is 184 Å². The molecular formula is C66H80B2O8. The third-order valence-corrected chi connectivity index (χ3v) is 19.1. The Bertz CT molecular complexity index is 2880. The Morgan fingerprint density at radius 3 is 0.803 bits per heavy atom. The van der Waals surface area contributed by atoms with Gasteiger partial charge in [-0.15, -0.1) is 0 Å². The number of hydrogen-bond donors (Lipinski definition) is 0. The SMILES string of the molecule is COCOC1(c2ccc(B3OC(C)(C)C(C)(C)O3)cc2)CCC(OCOC)(c2ccc(-c3ccc(-c4ccc(-c5ccc(C6(C)CCC(C)(c7ccc(B8OC(C)(C)C(C)(C)O8)cc7)CC6)cc5)cc4)cc3)cc2)CC1. The Hall–Kier alpha value is -4.87. The van der Waals surface area contributed by atoms with E-state index in [0.29, 0.717) is 0 Å². The van der Waals surface area contributed by atoms with Crippen molar-refractivity contribution >= 4 is 25.2 Å². The van der Waals surface area contributed by atoms with Crippen LogP contribution in [0.5, 0.6) is 0 Å². The van der Waals surface area contributed by atoms with E-state index in [4.69, 9.17) is 37.6 Å². The molecule has 2 saturated heterocycles. The van der Waals surface area contributed by atoms with Crippen LogP contribution in [0.15, 0.2) is 146 Å². The molecule has 0 N–H and O–H groups in total. The lowest BCUT2D eigenvalue weighted by atomic mass is 9.60. The van der Waals surface area contributed by atoms with E-state index in [0.717, 1.165) is 79.0 Å². The molecule has 2 heterocycles. The van der Waals surface area contributed by atoms with Crippen LogP contribution in [0.1, 0.15) is 143 Å². The fraction of sp³-hybridized carbons (Fsp3) is 0.455. The third-order valence-electron chi connectivity index (χ3n) is 19.1. The average molecular weight is 1020 g/mol. The van der Waals surface area contributed by atoms with Gasteiger partial charge in [0.25, 0.3) is 0 Å². The number of hydrogen-bond acceptors (Lipinski definition) is 8. The summed E-state index contributed by atoms with van der Waals surface area (Å²) < 4.78 is 49.6. The highest BCUT2D eigenvalue weighted by Crippen LogP contribution is 2.51. The lowest BCUT2D eigenvalue weighted by Crippen LogP contribution is -2.43. The van der Waals surface area contributed by atoms with E-state index in [1.165, 1.54) is 38.9 Å². The Kier molecular flexibility index (Phi) is 14.9. The first-order chi connectivity index (χ1) is 36.1. The Morgan fingerprint density at radius 2 is 0.539 bits per heavy atom. The van der Waals surface area contributed by atoms with Gasteiger partial charge in [0, 0.05) is 14.2 Å². The smallest absolute Gasteiger partial charge is 0.399 e. The van der Waals surface area contributed by atoms with Gasteiger partial charge < -0.3 is 37.6 Å². The molecule has 6 aromatic carbocycles. The maximum atomic E-state index is 6.64. The third kappa shape index (κ3) is 10.5. The molecule has 0 radical (unpaired) electrons. The van der Waals surface area contributed by atoms with E-state index in [1.807, 2.05) is 0 Å². The molecule has 8 nitrogen and oxygen atoms in total. The van der Waals surface area contributed by atoms with Gasteiger partial charge in [-0.2, -0.15) is 0 Å². The molecule has 0 bridgehead atoms. The van der Waals surface area contributed by atoms with E-state index < -0.39 is 29.5 Å². The van der Waals surface area contributed by atoms with Crippen molar-refractivity contribution in [1.82, 2.24) is 0 Å². The second-order valence-electron chi connectivity index (χ2n) is 24.9. The molecule has 0 unspecified atom stereocenters. The molecule has 0 aromatic heterocycles. The van der Waals surface area contributed by atoms with Crippen LogP contribution in [-0.2, 0) is 59.6 Å². The number of ether oxygens (including phenoxy) is 4. The van der Waals surface area contributed by atoms with E-state index in [2.05, 4.69) is 215 Å². The normalized spacial score (nSPS) is 26.7. The van der Waals surface area contributed by atoms with E-state index >= 15 is 0 Å². The molecule has 0 amide bonds. The van der Waals surface area contributed by atoms with Gasteiger partial charge in [0.2, 0.25) is 0 Å². The quantitative estimate of drug-likeness (QED) is 0.0744. The van der Waals surface area contributed by atoms with Crippen molar-refractivity contribution in [3.8, 4) is 33.4 Å². The lowest BCUT2D eigenvalue weighted by Gasteiger charge is -2.46. The molecule has 0 spiro atoms. The fourth-order valence-corrected chi connectivity index (χ4v) is 12.1. The van der Waals surface area contributed by atoms with Crippen molar-refractivity contribution in [3.05, 3.63) is 168 Å². The summed E-state index contributed by atoms with van der Waals surface area (Å²) in [5.41, 5.74) is 12.1. The molecular weight excluding hydrogens is 942 g/mol. The second kappa shape index (κ2) is 20.7. The number of rotatable bonds is 15. The maximum absolute atomic E-state index is 6.64. The predicted octanol–water partition coefficient (Wildman–Crippen LogP) is 14.0. The highest BCUT2D eigenvalue weighted by molar-refractivity contribution is 6.62. The molecule has 76 heavy (non-hydrogen) atoms. The standard InChI is InChI=1S/C66H80B2O8/c1-59(2)60(3,4)74-67(73-59)57-33-29-54(30-34-57)64(10)39-37-63(9,38-40-64)53-25-21-51(22-26-53)49-17-13-47(14-18-49)48-15-19-50(20-16-48)52-23-27-55(28-24-52)65(71-45-69-11)41-43-66(44-42-65,72-46-70-12)56-31-35-58(36-32-56)68-75-61(5,6)62(7,8)76-68/h13-36H,37-46H2,1-12H3. The molecule has 10 rings (SSSR count). The van der Waals surface area contributed by atoms with Crippen molar-refractivity contribution in [2.45, 2.75) is 165 Å². The Balaban J connectivity index is 0.757. The van der Waals surface area contributed by atoms with Gasteiger partial charge in [-0.1, -0.05) is 159 Å². The zero-order valence-corrected chi connectivity index (χ0v) is 47.3. The summed E-state index contributed by atoms with van der Waals surface area (Å²) in [7, 11) is 2.60. The van der Waals surface area contributed by atoms with Crippen LogP contribution in [-0.4, -0.2) is 64.4 Å². The first-order valence-electron chi connectivity index (χ1n) is 27.7. The van der Waals surface area contributed by atoms with Crippen LogP contribution in [0.2, 0.25) is 0 Å². The molecule has 2 aliphatic carbocycles. The van der Waals surface area contributed by atoms with Gasteiger partial charge in [0.05, 0.1) is 33.6 Å². The summed E-state index contributed by atoms with van der Waals surface area (Å²) in [6.07, 6.45) is 7.60. The summed E-state index contributed by atoms with van der Waals surface area (Å²) in [5, 5.41) is 0. The van der Waals surface area contributed by atoms with Crippen LogP contribution in [0.25, 0.3) is 33.4 Å². The van der Waals surface area contributed by atoms with E-state index in [-0.39, 0.29) is 42.7 Å². The number of methoxy groups -OCH3 is 2. The molecule has 398 valence electrons. The van der Waals surface area contributed by atoms with Gasteiger partial charge in [-0.25, -0.2) is 0 Å². The van der Waals surface area contributed by atoms with Crippen molar-refractivity contribution in [2.75, 3.05) is 27.8 Å². The summed E-state index contributed by atoms with van der Waals surface area (Å²) in [6.45, 7) is 22.1.